The molecule has 1 fully saturated rings. The lowest BCUT2D eigenvalue weighted by molar-refractivity contribution is -0.149. The number of carbonyl (C=O) groups is 2. The van der Waals surface area contributed by atoms with Gasteiger partial charge in [0.1, 0.15) is 23.0 Å². The van der Waals surface area contributed by atoms with E-state index in [0.29, 0.717) is 17.2 Å². The van der Waals surface area contributed by atoms with Crippen molar-refractivity contribution in [3.63, 3.8) is 0 Å². The maximum absolute atomic E-state index is 13.9. The summed E-state index contributed by atoms with van der Waals surface area (Å²) in [6.07, 6.45) is 36.9. The van der Waals surface area contributed by atoms with Crippen LogP contribution >= 0.6 is 0 Å². The van der Waals surface area contributed by atoms with Gasteiger partial charge in [0.15, 0.2) is 0 Å². The van der Waals surface area contributed by atoms with E-state index in [1.165, 1.54) is 177 Å². The Kier molecular flexibility index (Phi) is 24.4. The number of esters is 2. The van der Waals surface area contributed by atoms with Gasteiger partial charge in [0.25, 0.3) is 0 Å². The third-order valence-corrected chi connectivity index (χ3v) is 15.3. The SMILES string of the molecule is CCCCCCCCCCCCCC(CCCCCCCCCCCCC)(c1ccc(OC)cc1)c1ccc(OC(=O)C(C)(C)Oc2ccc(C3(c4ccc(OC(C)=O)cc4)CCCCC3)cc2)cc1. The van der Waals surface area contributed by atoms with E-state index in [9.17, 15) is 9.59 Å². The summed E-state index contributed by atoms with van der Waals surface area (Å²) in [5.74, 6) is 1.81. The van der Waals surface area contributed by atoms with Gasteiger partial charge in [0.2, 0.25) is 5.60 Å². The predicted molar refractivity (Wildman–Crippen MR) is 291 cm³/mol. The van der Waals surface area contributed by atoms with Crippen LogP contribution in [-0.4, -0.2) is 24.6 Å². The largest absolute Gasteiger partial charge is 0.497 e. The smallest absolute Gasteiger partial charge is 0.355 e. The fourth-order valence-corrected chi connectivity index (χ4v) is 11.1. The van der Waals surface area contributed by atoms with Gasteiger partial charge in [-0.25, -0.2) is 4.79 Å². The van der Waals surface area contributed by atoms with Gasteiger partial charge in [-0.15, -0.1) is 0 Å². The third kappa shape index (κ3) is 17.6. The number of carbonyl (C=O) groups excluding carboxylic acids is 2. The Morgan fingerprint density at radius 3 is 1.21 bits per heavy atom. The molecule has 0 atom stereocenters. The van der Waals surface area contributed by atoms with E-state index in [2.05, 4.69) is 74.5 Å². The maximum atomic E-state index is 13.9. The number of methoxy groups -OCH3 is 1. The van der Waals surface area contributed by atoms with E-state index in [1.54, 1.807) is 21.0 Å². The molecule has 4 aromatic carbocycles. The number of unbranched alkanes of at least 4 members (excludes halogenated alkanes) is 20. The molecule has 0 aliphatic heterocycles. The van der Waals surface area contributed by atoms with Crippen LogP contribution in [0.2, 0.25) is 0 Å². The van der Waals surface area contributed by atoms with Gasteiger partial charge in [-0.2, -0.15) is 0 Å². The Labute approximate surface area is 425 Å². The first-order valence-electron chi connectivity index (χ1n) is 28.1. The standard InChI is InChI=1S/C64H92O6/c1-7-9-11-13-15-17-19-21-23-25-28-48-63(53-32-40-57(67-6)41-33-53,49-29-26-24-22-20-18-16-14-12-10-8-2)55-36-44-59(45-37-55)69-61(66)62(4,5)70-60-46-38-56(39-47-60)64(50-30-27-31-51-64)54-34-42-58(43-35-54)68-52(3)65/h32-47H,7-31,48-51H2,1-6H3. The molecule has 0 saturated heterocycles. The summed E-state index contributed by atoms with van der Waals surface area (Å²) in [5, 5.41) is 0. The zero-order valence-electron chi connectivity index (χ0n) is 44.7. The lowest BCUT2D eigenvalue weighted by Crippen LogP contribution is -2.41. The van der Waals surface area contributed by atoms with Crippen LogP contribution in [0.4, 0.5) is 0 Å². The van der Waals surface area contributed by atoms with Crippen molar-refractivity contribution in [3.05, 3.63) is 119 Å². The lowest BCUT2D eigenvalue weighted by Gasteiger charge is -2.39. The minimum Gasteiger partial charge on any atom is -0.497 e. The average molecular weight is 957 g/mol. The van der Waals surface area contributed by atoms with Gasteiger partial charge in [0, 0.05) is 17.8 Å². The van der Waals surface area contributed by atoms with E-state index in [0.717, 1.165) is 44.3 Å². The highest BCUT2D eigenvalue weighted by atomic mass is 16.6. The molecule has 0 heterocycles. The molecule has 0 unspecified atom stereocenters. The van der Waals surface area contributed by atoms with Crippen molar-refractivity contribution in [2.75, 3.05) is 7.11 Å². The number of hydrogen-bond acceptors (Lipinski definition) is 6. The highest BCUT2D eigenvalue weighted by molar-refractivity contribution is 5.81. The fraction of sp³-hybridized carbons (Fsp3) is 0.594. The first-order chi connectivity index (χ1) is 34.0. The summed E-state index contributed by atoms with van der Waals surface area (Å²) in [5.41, 5.74) is 3.52. The minimum atomic E-state index is -1.23. The maximum Gasteiger partial charge on any atom is 0.355 e. The summed E-state index contributed by atoms with van der Waals surface area (Å²) < 4.78 is 23.5. The molecule has 1 aliphatic rings. The Hall–Kier alpha value is -4.58. The quantitative estimate of drug-likeness (QED) is 0.0264. The van der Waals surface area contributed by atoms with Gasteiger partial charge in [0.05, 0.1) is 7.11 Å². The molecule has 1 aliphatic carbocycles. The molecule has 6 nitrogen and oxygen atoms in total. The number of hydrogen-bond donors (Lipinski definition) is 0. The number of rotatable bonds is 34. The van der Waals surface area contributed by atoms with Crippen LogP contribution in [0.5, 0.6) is 23.0 Å². The molecule has 0 radical (unpaired) electrons. The van der Waals surface area contributed by atoms with Crippen LogP contribution in [0.1, 0.15) is 243 Å². The number of benzene rings is 4. The molecule has 4 aromatic rings. The number of ether oxygens (including phenoxy) is 4. The van der Waals surface area contributed by atoms with Gasteiger partial charge >= 0.3 is 11.9 Å². The molecular weight excluding hydrogens is 865 g/mol. The van der Waals surface area contributed by atoms with E-state index in [1.807, 2.05) is 36.4 Å². The van der Waals surface area contributed by atoms with Crippen molar-refractivity contribution in [1.82, 2.24) is 0 Å². The van der Waals surface area contributed by atoms with Crippen molar-refractivity contribution < 1.29 is 28.5 Å². The van der Waals surface area contributed by atoms with Gasteiger partial charge in [-0.1, -0.05) is 223 Å². The molecule has 0 spiro atoms. The summed E-state index contributed by atoms with van der Waals surface area (Å²) in [4.78, 5) is 25.5. The van der Waals surface area contributed by atoms with E-state index >= 15 is 0 Å². The molecule has 6 heteroatoms. The minimum absolute atomic E-state index is 0.142. The van der Waals surface area contributed by atoms with E-state index < -0.39 is 11.6 Å². The molecule has 0 N–H and O–H groups in total. The van der Waals surface area contributed by atoms with Crippen molar-refractivity contribution >= 4 is 11.9 Å². The van der Waals surface area contributed by atoms with Crippen LogP contribution in [-0.2, 0) is 20.4 Å². The van der Waals surface area contributed by atoms with Crippen LogP contribution in [0.15, 0.2) is 97.1 Å². The predicted octanol–water partition coefficient (Wildman–Crippen LogP) is 18.3. The second-order valence-corrected chi connectivity index (χ2v) is 21.2. The molecule has 5 rings (SSSR count). The molecule has 70 heavy (non-hydrogen) atoms. The Morgan fingerprint density at radius 1 is 0.457 bits per heavy atom. The van der Waals surface area contributed by atoms with Crippen molar-refractivity contribution in [2.24, 2.45) is 0 Å². The fourth-order valence-electron chi connectivity index (χ4n) is 11.1. The molecule has 0 aromatic heterocycles. The van der Waals surface area contributed by atoms with Gasteiger partial charge in [-0.05, 0) is 110 Å². The van der Waals surface area contributed by atoms with Crippen molar-refractivity contribution in [3.8, 4) is 23.0 Å². The third-order valence-electron chi connectivity index (χ3n) is 15.3. The second-order valence-electron chi connectivity index (χ2n) is 21.2. The van der Waals surface area contributed by atoms with Gasteiger partial charge < -0.3 is 18.9 Å². The van der Waals surface area contributed by atoms with Crippen LogP contribution in [0.3, 0.4) is 0 Å². The van der Waals surface area contributed by atoms with Crippen molar-refractivity contribution in [2.45, 2.75) is 237 Å². The van der Waals surface area contributed by atoms with Gasteiger partial charge in [-0.3, -0.25) is 4.79 Å². The topological polar surface area (TPSA) is 71.1 Å². The van der Waals surface area contributed by atoms with E-state index in [-0.39, 0.29) is 16.8 Å². The average Bonchev–Trinajstić information content (AvgIpc) is 3.37. The lowest BCUT2D eigenvalue weighted by atomic mass is 9.65. The van der Waals surface area contributed by atoms with Crippen molar-refractivity contribution in [1.29, 1.82) is 0 Å². The zero-order valence-corrected chi connectivity index (χ0v) is 44.7. The van der Waals surface area contributed by atoms with Crippen LogP contribution in [0, 0.1) is 0 Å². The van der Waals surface area contributed by atoms with Crippen LogP contribution in [0.25, 0.3) is 0 Å². The molecule has 1 saturated carbocycles. The Balaban J connectivity index is 1.27. The molecule has 384 valence electrons. The second kappa shape index (κ2) is 30.3. The Morgan fingerprint density at radius 2 is 0.814 bits per heavy atom. The van der Waals surface area contributed by atoms with E-state index in [4.69, 9.17) is 18.9 Å². The molecule has 0 amide bonds. The highest BCUT2D eigenvalue weighted by Gasteiger charge is 2.38. The summed E-state index contributed by atoms with van der Waals surface area (Å²) in [6.45, 7) is 9.56. The first kappa shape index (κ1) is 56.3. The summed E-state index contributed by atoms with van der Waals surface area (Å²) in [7, 11) is 1.74. The monoisotopic (exact) mass is 957 g/mol. The van der Waals surface area contributed by atoms with Crippen LogP contribution < -0.4 is 18.9 Å². The normalized spacial score (nSPS) is 13.7. The summed E-state index contributed by atoms with van der Waals surface area (Å²) in [6, 6.07) is 33.4. The zero-order chi connectivity index (χ0) is 49.9. The molecule has 0 bridgehead atoms. The highest BCUT2D eigenvalue weighted by Crippen LogP contribution is 2.46. The Bertz CT molecular complexity index is 2020. The first-order valence-corrected chi connectivity index (χ1v) is 28.1. The summed E-state index contributed by atoms with van der Waals surface area (Å²) >= 11 is 0. The molecular formula is C64H92O6.